The van der Waals surface area contributed by atoms with E-state index in [1.165, 1.54) is 0 Å². The molecule has 0 aliphatic carbocycles. The van der Waals surface area contributed by atoms with E-state index in [0.29, 0.717) is 10.9 Å². The predicted molar refractivity (Wildman–Crippen MR) is 37.0 cm³/mol. The van der Waals surface area contributed by atoms with Gasteiger partial charge in [0.15, 0.2) is 0 Å². The first-order valence-corrected chi connectivity index (χ1v) is 3.67. The third-order valence-electron chi connectivity index (χ3n) is 1.26. The predicted octanol–water partition coefficient (Wildman–Crippen LogP) is 2.07. The van der Waals surface area contributed by atoms with Crippen molar-refractivity contribution in [2.45, 2.75) is 24.3 Å². The molecule has 0 aromatic heterocycles. The van der Waals surface area contributed by atoms with Crippen LogP contribution in [0, 0.1) is 0 Å². The SMILES string of the molecule is CC1OC=CCC1Br. The van der Waals surface area contributed by atoms with E-state index in [1.54, 1.807) is 6.26 Å². The summed E-state index contributed by atoms with van der Waals surface area (Å²) in [5.74, 6) is 0. The topological polar surface area (TPSA) is 9.23 Å². The molecule has 46 valence electrons. The first-order valence-electron chi connectivity index (χ1n) is 2.75. The van der Waals surface area contributed by atoms with E-state index in [4.69, 9.17) is 4.74 Å². The average Bonchev–Trinajstić information content (AvgIpc) is 1.77. The number of rotatable bonds is 0. The van der Waals surface area contributed by atoms with Crippen molar-refractivity contribution in [3.63, 3.8) is 0 Å². The van der Waals surface area contributed by atoms with Crippen LogP contribution >= 0.6 is 15.9 Å². The van der Waals surface area contributed by atoms with Gasteiger partial charge in [0.25, 0.3) is 0 Å². The Morgan fingerprint density at radius 3 is 2.88 bits per heavy atom. The van der Waals surface area contributed by atoms with Crippen molar-refractivity contribution in [2.75, 3.05) is 0 Å². The number of hydrogen-bond acceptors (Lipinski definition) is 1. The maximum absolute atomic E-state index is 5.16. The Kier molecular flexibility index (Phi) is 1.95. The minimum absolute atomic E-state index is 0.333. The van der Waals surface area contributed by atoms with Crippen LogP contribution in [0.15, 0.2) is 12.3 Å². The molecular formula is C6H9BrO. The molecule has 1 aliphatic rings. The summed E-state index contributed by atoms with van der Waals surface area (Å²) < 4.78 is 5.16. The molecule has 2 heteroatoms. The Morgan fingerprint density at radius 1 is 1.75 bits per heavy atom. The van der Waals surface area contributed by atoms with Crippen LogP contribution in [0.25, 0.3) is 0 Å². The van der Waals surface area contributed by atoms with Gasteiger partial charge in [0.05, 0.1) is 11.1 Å². The van der Waals surface area contributed by atoms with E-state index in [9.17, 15) is 0 Å². The Morgan fingerprint density at radius 2 is 2.50 bits per heavy atom. The van der Waals surface area contributed by atoms with E-state index in [0.717, 1.165) is 6.42 Å². The maximum atomic E-state index is 5.16. The monoisotopic (exact) mass is 176 g/mol. The van der Waals surface area contributed by atoms with Crippen LogP contribution in [0.1, 0.15) is 13.3 Å². The van der Waals surface area contributed by atoms with Crippen LogP contribution < -0.4 is 0 Å². The molecule has 0 aromatic rings. The van der Waals surface area contributed by atoms with Gasteiger partial charge in [-0.25, -0.2) is 0 Å². The van der Waals surface area contributed by atoms with Gasteiger partial charge in [-0.1, -0.05) is 15.9 Å². The van der Waals surface area contributed by atoms with Crippen molar-refractivity contribution in [3.8, 4) is 0 Å². The molecule has 1 nitrogen and oxygen atoms in total. The van der Waals surface area contributed by atoms with Crippen molar-refractivity contribution >= 4 is 15.9 Å². The minimum atomic E-state index is 0.333. The zero-order valence-corrected chi connectivity index (χ0v) is 6.39. The molecule has 1 aliphatic heterocycles. The van der Waals surface area contributed by atoms with Crippen LogP contribution in [0.4, 0.5) is 0 Å². The van der Waals surface area contributed by atoms with Crippen LogP contribution in [0.3, 0.4) is 0 Å². The first-order chi connectivity index (χ1) is 3.80. The number of alkyl halides is 1. The summed E-state index contributed by atoms with van der Waals surface area (Å²) >= 11 is 3.48. The molecule has 0 radical (unpaired) electrons. The fraction of sp³-hybridized carbons (Fsp3) is 0.667. The van der Waals surface area contributed by atoms with Gasteiger partial charge in [-0.3, -0.25) is 0 Å². The van der Waals surface area contributed by atoms with Gasteiger partial charge in [0.1, 0.15) is 6.10 Å². The highest BCUT2D eigenvalue weighted by Crippen LogP contribution is 2.17. The second-order valence-corrected chi connectivity index (χ2v) is 3.14. The fourth-order valence-corrected chi connectivity index (χ4v) is 0.982. The summed E-state index contributed by atoms with van der Waals surface area (Å²) in [5.41, 5.74) is 0. The minimum Gasteiger partial charge on any atom is -0.497 e. The highest BCUT2D eigenvalue weighted by atomic mass is 79.9. The quantitative estimate of drug-likeness (QED) is 0.514. The van der Waals surface area contributed by atoms with Crippen molar-refractivity contribution in [1.82, 2.24) is 0 Å². The van der Waals surface area contributed by atoms with E-state index in [-0.39, 0.29) is 0 Å². The largest absolute Gasteiger partial charge is 0.497 e. The van der Waals surface area contributed by atoms with Crippen LogP contribution in [-0.2, 0) is 4.74 Å². The van der Waals surface area contributed by atoms with Crippen LogP contribution in [0.5, 0.6) is 0 Å². The molecule has 0 bridgehead atoms. The molecule has 0 saturated carbocycles. The molecule has 0 fully saturated rings. The number of ether oxygens (including phenoxy) is 1. The molecule has 0 aromatic carbocycles. The average molecular weight is 177 g/mol. The molecule has 0 spiro atoms. The van der Waals surface area contributed by atoms with Gasteiger partial charge in [-0.15, -0.1) is 0 Å². The zero-order valence-electron chi connectivity index (χ0n) is 4.80. The summed E-state index contributed by atoms with van der Waals surface area (Å²) in [5, 5.41) is 0. The third-order valence-corrected chi connectivity index (χ3v) is 2.38. The third kappa shape index (κ3) is 1.25. The standard InChI is InChI=1S/C6H9BrO/c1-5-6(7)3-2-4-8-5/h2,4-6H,3H2,1H3. The highest BCUT2D eigenvalue weighted by molar-refractivity contribution is 9.09. The Hall–Kier alpha value is 0.0200. The molecule has 0 saturated heterocycles. The number of halogens is 1. The molecule has 2 unspecified atom stereocenters. The highest BCUT2D eigenvalue weighted by Gasteiger charge is 2.14. The summed E-state index contributed by atoms with van der Waals surface area (Å²) in [6.07, 6.45) is 5.21. The van der Waals surface area contributed by atoms with E-state index in [2.05, 4.69) is 22.9 Å². The lowest BCUT2D eigenvalue weighted by Crippen LogP contribution is -2.20. The second-order valence-electron chi connectivity index (χ2n) is 1.96. The Balaban J connectivity index is 2.44. The normalized spacial score (nSPS) is 36.8. The van der Waals surface area contributed by atoms with Gasteiger partial charge in [-0.2, -0.15) is 0 Å². The van der Waals surface area contributed by atoms with Crippen molar-refractivity contribution in [1.29, 1.82) is 0 Å². The van der Waals surface area contributed by atoms with Crippen molar-refractivity contribution in [2.24, 2.45) is 0 Å². The molecule has 0 amide bonds. The summed E-state index contributed by atoms with van der Waals surface area (Å²) in [7, 11) is 0. The molecule has 1 heterocycles. The molecule has 1 rings (SSSR count). The summed E-state index contributed by atoms with van der Waals surface area (Å²) in [4.78, 5) is 0.507. The molecule has 8 heavy (non-hydrogen) atoms. The van der Waals surface area contributed by atoms with Gasteiger partial charge in [0, 0.05) is 0 Å². The first kappa shape index (κ1) is 6.14. The lowest BCUT2D eigenvalue weighted by Gasteiger charge is -2.19. The van der Waals surface area contributed by atoms with Gasteiger partial charge >= 0.3 is 0 Å². The smallest absolute Gasteiger partial charge is 0.108 e. The second kappa shape index (κ2) is 2.53. The van der Waals surface area contributed by atoms with E-state index < -0.39 is 0 Å². The Labute approximate surface area is 57.8 Å². The van der Waals surface area contributed by atoms with Crippen molar-refractivity contribution < 1.29 is 4.74 Å². The Bertz CT molecular complexity index is 88.7. The molecular weight excluding hydrogens is 168 g/mol. The van der Waals surface area contributed by atoms with Gasteiger partial charge in [0.2, 0.25) is 0 Å². The number of hydrogen-bond donors (Lipinski definition) is 0. The van der Waals surface area contributed by atoms with Crippen LogP contribution in [-0.4, -0.2) is 10.9 Å². The van der Waals surface area contributed by atoms with Gasteiger partial charge in [-0.05, 0) is 19.4 Å². The van der Waals surface area contributed by atoms with Crippen LogP contribution in [0.2, 0.25) is 0 Å². The summed E-state index contributed by atoms with van der Waals surface area (Å²) in [6, 6.07) is 0. The molecule has 2 atom stereocenters. The summed E-state index contributed by atoms with van der Waals surface area (Å²) in [6.45, 7) is 2.06. The van der Waals surface area contributed by atoms with Gasteiger partial charge < -0.3 is 4.74 Å². The fourth-order valence-electron chi connectivity index (χ4n) is 0.642. The zero-order chi connectivity index (χ0) is 5.98. The van der Waals surface area contributed by atoms with E-state index >= 15 is 0 Å². The lowest BCUT2D eigenvalue weighted by molar-refractivity contribution is 0.148. The lowest BCUT2D eigenvalue weighted by atomic mass is 10.2. The number of allylic oxidation sites excluding steroid dienone is 1. The van der Waals surface area contributed by atoms with E-state index in [1.807, 2.05) is 6.08 Å². The maximum Gasteiger partial charge on any atom is 0.108 e. The van der Waals surface area contributed by atoms with Crippen molar-refractivity contribution in [3.05, 3.63) is 12.3 Å². The molecule has 0 N–H and O–H groups in total.